The number of hydrogen-bond acceptors (Lipinski definition) is 4. The Balaban J connectivity index is 1.54. The highest BCUT2D eigenvalue weighted by molar-refractivity contribution is 5.78. The number of aliphatic hydroxyl groups is 1. The number of nitrogens with one attached hydrogen (secondary N) is 1. The first-order valence-corrected chi connectivity index (χ1v) is 8.40. The van der Waals surface area contributed by atoms with E-state index >= 15 is 0 Å². The zero-order valence-electron chi connectivity index (χ0n) is 13.6. The average Bonchev–Trinajstić information content (AvgIpc) is 2.60. The number of aliphatic hydroxyl groups excluding tert-OH is 1. The molecule has 1 amide bonds. The van der Waals surface area contributed by atoms with E-state index < -0.39 is 6.10 Å². The van der Waals surface area contributed by atoms with Gasteiger partial charge in [-0.05, 0) is 49.3 Å². The van der Waals surface area contributed by atoms with Gasteiger partial charge in [0.2, 0.25) is 5.91 Å². The van der Waals surface area contributed by atoms with Gasteiger partial charge in [-0.2, -0.15) is 0 Å². The van der Waals surface area contributed by atoms with Crippen molar-refractivity contribution < 1.29 is 19.4 Å². The lowest BCUT2D eigenvalue weighted by Gasteiger charge is -2.31. The van der Waals surface area contributed by atoms with Gasteiger partial charge in [-0.3, -0.25) is 4.79 Å². The average molecular weight is 319 g/mol. The lowest BCUT2D eigenvalue weighted by Crippen LogP contribution is -2.41. The number of carbonyl (C=O) groups excluding carboxylic acids is 1. The normalized spacial score (nSPS) is 27.0. The second kappa shape index (κ2) is 7.32. The molecule has 5 heteroatoms. The van der Waals surface area contributed by atoms with E-state index in [1.165, 1.54) is 5.56 Å². The van der Waals surface area contributed by atoms with Crippen molar-refractivity contribution in [2.24, 2.45) is 5.92 Å². The first-order valence-electron chi connectivity index (χ1n) is 8.40. The van der Waals surface area contributed by atoms with Gasteiger partial charge in [0.05, 0.1) is 18.8 Å². The number of amides is 1. The van der Waals surface area contributed by atoms with Crippen LogP contribution in [0.2, 0.25) is 0 Å². The number of hydrogen-bond donors (Lipinski definition) is 2. The molecule has 0 unspecified atom stereocenters. The maximum absolute atomic E-state index is 12.4. The molecule has 2 aliphatic rings. The van der Waals surface area contributed by atoms with Crippen molar-refractivity contribution in [3.05, 3.63) is 29.3 Å². The van der Waals surface area contributed by atoms with Crippen molar-refractivity contribution in [3.8, 4) is 5.75 Å². The summed E-state index contributed by atoms with van der Waals surface area (Å²) in [6.07, 6.45) is 3.31. The van der Waals surface area contributed by atoms with Crippen molar-refractivity contribution in [1.29, 1.82) is 0 Å². The SMILES string of the molecule is CO[C@@H]1C[C@H](C(=O)NCc2ccc3c(c2)CCCO3)CC[C@@H]1O. The second-order valence-corrected chi connectivity index (χ2v) is 6.46. The fourth-order valence-corrected chi connectivity index (χ4v) is 3.46. The highest BCUT2D eigenvalue weighted by Crippen LogP contribution is 2.27. The molecule has 2 N–H and O–H groups in total. The molecular weight excluding hydrogens is 294 g/mol. The zero-order chi connectivity index (χ0) is 16.2. The molecule has 1 aliphatic carbocycles. The Morgan fingerprint density at radius 3 is 3.13 bits per heavy atom. The molecule has 1 aromatic carbocycles. The molecule has 3 rings (SSSR count). The molecule has 1 heterocycles. The van der Waals surface area contributed by atoms with Gasteiger partial charge in [0, 0.05) is 19.6 Å². The lowest BCUT2D eigenvalue weighted by molar-refractivity contribution is -0.130. The molecule has 0 radical (unpaired) electrons. The Morgan fingerprint density at radius 1 is 1.43 bits per heavy atom. The van der Waals surface area contributed by atoms with Gasteiger partial charge < -0.3 is 19.9 Å². The number of benzene rings is 1. The standard InChI is InChI=1S/C18H25NO4/c1-22-17-10-14(5-6-15(17)20)18(21)19-11-12-4-7-16-13(9-12)3-2-8-23-16/h4,7,9,14-15,17,20H,2-3,5-6,8,10-11H2,1H3,(H,19,21)/t14-,15+,17-/m1/s1. The van der Waals surface area contributed by atoms with Crippen LogP contribution in [0.15, 0.2) is 18.2 Å². The van der Waals surface area contributed by atoms with Crippen LogP contribution in [0.25, 0.3) is 0 Å². The summed E-state index contributed by atoms with van der Waals surface area (Å²) in [6, 6.07) is 6.12. The molecule has 5 nitrogen and oxygen atoms in total. The van der Waals surface area contributed by atoms with Crippen molar-refractivity contribution in [1.82, 2.24) is 5.32 Å². The van der Waals surface area contributed by atoms with Gasteiger partial charge in [0.15, 0.2) is 0 Å². The van der Waals surface area contributed by atoms with E-state index in [1.807, 2.05) is 12.1 Å². The van der Waals surface area contributed by atoms with Gasteiger partial charge in [-0.15, -0.1) is 0 Å². The number of aryl methyl sites for hydroxylation is 1. The molecule has 0 spiro atoms. The maximum atomic E-state index is 12.4. The van der Waals surface area contributed by atoms with Crippen LogP contribution in [0.4, 0.5) is 0 Å². The van der Waals surface area contributed by atoms with Crippen LogP contribution < -0.4 is 10.1 Å². The minimum Gasteiger partial charge on any atom is -0.493 e. The number of methoxy groups -OCH3 is 1. The third-order valence-corrected chi connectivity index (χ3v) is 4.87. The van der Waals surface area contributed by atoms with Gasteiger partial charge >= 0.3 is 0 Å². The van der Waals surface area contributed by atoms with Gasteiger partial charge in [0.1, 0.15) is 5.75 Å². The summed E-state index contributed by atoms with van der Waals surface area (Å²) in [5.41, 5.74) is 2.32. The van der Waals surface area contributed by atoms with Crippen LogP contribution in [0, 0.1) is 5.92 Å². The van der Waals surface area contributed by atoms with Crippen LogP contribution in [0.1, 0.15) is 36.8 Å². The highest BCUT2D eigenvalue weighted by atomic mass is 16.5. The van der Waals surface area contributed by atoms with Crippen LogP contribution >= 0.6 is 0 Å². The number of ether oxygens (including phenoxy) is 2. The third kappa shape index (κ3) is 3.85. The molecule has 0 bridgehead atoms. The van der Waals surface area contributed by atoms with Crippen LogP contribution in [0.5, 0.6) is 5.75 Å². The molecule has 23 heavy (non-hydrogen) atoms. The summed E-state index contributed by atoms with van der Waals surface area (Å²) in [5.74, 6) is 0.938. The number of rotatable bonds is 4. The summed E-state index contributed by atoms with van der Waals surface area (Å²) < 4.78 is 10.9. The smallest absolute Gasteiger partial charge is 0.223 e. The van der Waals surface area contributed by atoms with Crippen molar-refractivity contribution in [2.75, 3.05) is 13.7 Å². The van der Waals surface area contributed by atoms with Crippen molar-refractivity contribution in [2.45, 2.75) is 50.9 Å². The maximum Gasteiger partial charge on any atom is 0.223 e. The summed E-state index contributed by atoms with van der Waals surface area (Å²) in [6.45, 7) is 1.32. The van der Waals surface area contributed by atoms with E-state index in [2.05, 4.69) is 11.4 Å². The van der Waals surface area contributed by atoms with Crippen LogP contribution in [0.3, 0.4) is 0 Å². The predicted molar refractivity (Wildman–Crippen MR) is 86.2 cm³/mol. The Morgan fingerprint density at radius 2 is 2.30 bits per heavy atom. The molecule has 1 saturated carbocycles. The third-order valence-electron chi connectivity index (χ3n) is 4.87. The van der Waals surface area contributed by atoms with Crippen molar-refractivity contribution in [3.63, 3.8) is 0 Å². The van der Waals surface area contributed by atoms with Gasteiger partial charge in [-0.1, -0.05) is 12.1 Å². The molecule has 1 aromatic rings. The second-order valence-electron chi connectivity index (χ2n) is 6.46. The molecule has 0 saturated heterocycles. The zero-order valence-corrected chi connectivity index (χ0v) is 13.6. The van der Waals surface area contributed by atoms with E-state index in [9.17, 15) is 9.90 Å². The predicted octanol–water partition coefficient (Wildman–Crippen LogP) is 1.80. The molecule has 1 fully saturated rings. The molecule has 1 aliphatic heterocycles. The minimum absolute atomic E-state index is 0.0490. The number of fused-ring (bicyclic) bond motifs is 1. The Kier molecular flexibility index (Phi) is 5.18. The Bertz CT molecular complexity index is 560. The quantitative estimate of drug-likeness (QED) is 0.888. The summed E-state index contributed by atoms with van der Waals surface area (Å²) in [4.78, 5) is 12.4. The first-order chi connectivity index (χ1) is 11.2. The van der Waals surface area contributed by atoms with E-state index in [0.717, 1.165) is 30.8 Å². The number of carbonyl (C=O) groups is 1. The highest BCUT2D eigenvalue weighted by Gasteiger charge is 2.32. The molecule has 0 aromatic heterocycles. The molecule has 126 valence electrons. The summed E-state index contributed by atoms with van der Waals surface area (Å²) in [5, 5.41) is 12.8. The van der Waals surface area contributed by atoms with E-state index in [-0.39, 0.29) is 17.9 Å². The fraction of sp³-hybridized carbons (Fsp3) is 0.611. The topological polar surface area (TPSA) is 67.8 Å². The summed E-state index contributed by atoms with van der Waals surface area (Å²) in [7, 11) is 1.59. The van der Waals surface area contributed by atoms with E-state index in [1.54, 1.807) is 7.11 Å². The summed E-state index contributed by atoms with van der Waals surface area (Å²) >= 11 is 0. The minimum atomic E-state index is -0.454. The fourth-order valence-electron chi connectivity index (χ4n) is 3.46. The lowest BCUT2D eigenvalue weighted by atomic mass is 9.84. The van der Waals surface area contributed by atoms with E-state index in [0.29, 0.717) is 25.8 Å². The van der Waals surface area contributed by atoms with Gasteiger partial charge in [-0.25, -0.2) is 0 Å². The van der Waals surface area contributed by atoms with Gasteiger partial charge in [0.25, 0.3) is 0 Å². The molecule has 3 atom stereocenters. The van der Waals surface area contributed by atoms with Crippen molar-refractivity contribution >= 4 is 5.91 Å². The Hall–Kier alpha value is -1.59. The monoisotopic (exact) mass is 319 g/mol. The molecular formula is C18H25NO4. The largest absolute Gasteiger partial charge is 0.493 e. The first kappa shape index (κ1) is 16.3. The Labute approximate surface area is 137 Å². The van der Waals surface area contributed by atoms with Crippen LogP contribution in [-0.4, -0.2) is 36.9 Å². The van der Waals surface area contributed by atoms with Crippen LogP contribution in [-0.2, 0) is 22.5 Å². The van der Waals surface area contributed by atoms with E-state index in [4.69, 9.17) is 9.47 Å².